The van der Waals surface area contributed by atoms with E-state index < -0.39 is 0 Å². The van der Waals surface area contributed by atoms with Crippen molar-refractivity contribution in [2.24, 2.45) is 0 Å². The highest BCUT2D eigenvalue weighted by atomic mass is 32.2. The third kappa shape index (κ3) is 4.20. The van der Waals surface area contributed by atoms with E-state index in [1.165, 1.54) is 4.90 Å². The van der Waals surface area contributed by atoms with Crippen molar-refractivity contribution in [3.05, 3.63) is 24.5 Å². The fourth-order valence-corrected chi connectivity index (χ4v) is 2.25. The lowest BCUT2D eigenvalue weighted by Crippen LogP contribution is -2.47. The van der Waals surface area contributed by atoms with Crippen LogP contribution in [0.1, 0.15) is 13.8 Å². The molecule has 1 aromatic rings. The van der Waals surface area contributed by atoms with E-state index in [9.17, 15) is 5.11 Å². The van der Waals surface area contributed by atoms with Crippen LogP contribution in [0.2, 0.25) is 0 Å². The third-order valence-corrected chi connectivity index (χ3v) is 3.55. The van der Waals surface area contributed by atoms with Crippen LogP contribution >= 0.6 is 11.8 Å². The molecule has 0 radical (unpaired) electrons. The summed E-state index contributed by atoms with van der Waals surface area (Å²) in [5.74, 6) is 0.849. The van der Waals surface area contributed by atoms with Crippen LogP contribution in [-0.4, -0.2) is 34.5 Å². The highest BCUT2D eigenvalue weighted by Gasteiger charge is 2.21. The molecule has 1 aromatic heterocycles. The maximum atomic E-state index is 9.31. The first-order chi connectivity index (χ1) is 7.20. The van der Waals surface area contributed by atoms with Crippen LogP contribution in [0.4, 0.5) is 0 Å². The molecule has 0 saturated heterocycles. The number of aliphatic hydroxyl groups excluding tert-OH is 1. The normalized spacial score (nSPS) is 14.9. The molecule has 0 aromatic carbocycles. The molecule has 3 nitrogen and oxygen atoms in total. The summed E-state index contributed by atoms with van der Waals surface area (Å²) in [5, 5.41) is 12.6. The smallest absolute Gasteiger partial charge is 0.0618 e. The Kier molecular flexibility index (Phi) is 5.08. The van der Waals surface area contributed by atoms with E-state index in [0.29, 0.717) is 0 Å². The Labute approximate surface area is 95.3 Å². The van der Waals surface area contributed by atoms with Gasteiger partial charge in [0.15, 0.2) is 0 Å². The summed E-state index contributed by atoms with van der Waals surface area (Å²) in [5.41, 5.74) is -0.206. The largest absolute Gasteiger partial charge is 0.394 e. The number of aromatic nitrogens is 1. The number of pyridine rings is 1. The minimum Gasteiger partial charge on any atom is -0.394 e. The molecule has 0 aliphatic rings. The molecular weight excluding hydrogens is 208 g/mol. The second kappa shape index (κ2) is 6.10. The highest BCUT2D eigenvalue weighted by molar-refractivity contribution is 7.99. The summed E-state index contributed by atoms with van der Waals surface area (Å²) in [6, 6.07) is 3.96. The molecule has 0 aliphatic carbocycles. The molecule has 84 valence electrons. The molecule has 2 N–H and O–H groups in total. The fourth-order valence-electron chi connectivity index (χ4n) is 1.26. The zero-order chi connectivity index (χ0) is 11.1. The molecule has 0 bridgehead atoms. The van der Waals surface area contributed by atoms with Gasteiger partial charge in [0.05, 0.1) is 6.61 Å². The number of nitrogens with zero attached hydrogens (tertiary/aromatic N) is 1. The second-order valence-electron chi connectivity index (χ2n) is 3.72. The summed E-state index contributed by atoms with van der Waals surface area (Å²) in [7, 11) is 0. The van der Waals surface area contributed by atoms with Crippen molar-refractivity contribution < 1.29 is 5.11 Å². The van der Waals surface area contributed by atoms with Crippen LogP contribution in [0, 0.1) is 0 Å². The minimum absolute atomic E-state index is 0.152. The van der Waals surface area contributed by atoms with Crippen LogP contribution in [0.5, 0.6) is 0 Å². The Morgan fingerprint density at radius 3 is 2.67 bits per heavy atom. The molecular formula is C11H18N2OS. The Morgan fingerprint density at radius 2 is 2.13 bits per heavy atom. The van der Waals surface area contributed by atoms with E-state index in [-0.39, 0.29) is 12.1 Å². The second-order valence-corrected chi connectivity index (χ2v) is 4.77. The number of rotatable bonds is 6. The van der Waals surface area contributed by atoms with E-state index >= 15 is 0 Å². The van der Waals surface area contributed by atoms with E-state index in [2.05, 4.69) is 10.3 Å². The Balaban J connectivity index is 2.47. The zero-order valence-corrected chi connectivity index (χ0v) is 10.0. The Morgan fingerprint density at radius 1 is 1.47 bits per heavy atom. The average Bonchev–Trinajstić information content (AvgIpc) is 2.28. The molecule has 15 heavy (non-hydrogen) atoms. The Hall–Kier alpha value is -0.580. The standard InChI is InChI=1S/C11H18N2OS/c1-3-13-11(2,8-14)9-15-10-4-6-12-7-5-10/h4-7,13-14H,3,8-9H2,1-2H3. The SMILES string of the molecule is CCNC(C)(CO)CSc1ccncc1. The van der Waals surface area contributed by atoms with Crippen LogP contribution in [0.15, 0.2) is 29.4 Å². The van der Waals surface area contributed by atoms with Crippen LogP contribution in [0.25, 0.3) is 0 Å². The van der Waals surface area contributed by atoms with Gasteiger partial charge in [-0.3, -0.25) is 4.98 Å². The van der Waals surface area contributed by atoms with Crippen LogP contribution in [0.3, 0.4) is 0 Å². The van der Waals surface area contributed by atoms with Gasteiger partial charge in [0.25, 0.3) is 0 Å². The number of hydrogen-bond donors (Lipinski definition) is 2. The van der Waals surface area contributed by atoms with Gasteiger partial charge in [0.1, 0.15) is 0 Å². The summed E-state index contributed by atoms with van der Waals surface area (Å²) >= 11 is 1.73. The van der Waals surface area contributed by atoms with Gasteiger partial charge >= 0.3 is 0 Å². The first-order valence-corrected chi connectivity index (χ1v) is 6.07. The molecule has 4 heteroatoms. The van der Waals surface area contributed by atoms with Gasteiger partial charge < -0.3 is 10.4 Å². The molecule has 0 spiro atoms. The summed E-state index contributed by atoms with van der Waals surface area (Å²) in [6.45, 7) is 5.10. The maximum Gasteiger partial charge on any atom is 0.0618 e. The molecule has 0 saturated carbocycles. The Bertz CT molecular complexity index is 281. The topological polar surface area (TPSA) is 45.1 Å². The molecule has 1 atom stereocenters. The van der Waals surface area contributed by atoms with E-state index in [0.717, 1.165) is 12.3 Å². The lowest BCUT2D eigenvalue weighted by atomic mass is 10.1. The van der Waals surface area contributed by atoms with E-state index in [1.807, 2.05) is 26.0 Å². The number of aliphatic hydroxyl groups is 1. The van der Waals surface area contributed by atoms with Gasteiger partial charge in [0.2, 0.25) is 0 Å². The van der Waals surface area contributed by atoms with E-state index in [1.54, 1.807) is 24.2 Å². The highest BCUT2D eigenvalue weighted by Crippen LogP contribution is 2.21. The van der Waals surface area contributed by atoms with Crippen molar-refractivity contribution in [3.8, 4) is 0 Å². The quantitative estimate of drug-likeness (QED) is 0.722. The van der Waals surface area contributed by atoms with Gasteiger partial charge in [-0.25, -0.2) is 0 Å². The predicted octanol–water partition coefficient (Wildman–Crippen LogP) is 1.53. The zero-order valence-electron chi connectivity index (χ0n) is 9.23. The van der Waals surface area contributed by atoms with Gasteiger partial charge in [0, 0.05) is 28.6 Å². The first-order valence-electron chi connectivity index (χ1n) is 5.09. The molecule has 0 fully saturated rings. The molecule has 0 amide bonds. The average molecular weight is 226 g/mol. The van der Waals surface area contributed by atoms with Gasteiger partial charge in [-0.1, -0.05) is 6.92 Å². The van der Waals surface area contributed by atoms with Crippen molar-refractivity contribution in [1.29, 1.82) is 0 Å². The monoisotopic (exact) mass is 226 g/mol. The van der Waals surface area contributed by atoms with Crippen molar-refractivity contribution in [3.63, 3.8) is 0 Å². The van der Waals surface area contributed by atoms with Crippen molar-refractivity contribution in [1.82, 2.24) is 10.3 Å². The summed E-state index contributed by atoms with van der Waals surface area (Å²) in [6.07, 6.45) is 3.57. The van der Waals surface area contributed by atoms with Crippen LogP contribution < -0.4 is 5.32 Å². The van der Waals surface area contributed by atoms with Crippen molar-refractivity contribution in [2.75, 3.05) is 18.9 Å². The summed E-state index contributed by atoms with van der Waals surface area (Å²) in [4.78, 5) is 5.15. The third-order valence-electron chi connectivity index (χ3n) is 2.16. The van der Waals surface area contributed by atoms with Crippen molar-refractivity contribution in [2.45, 2.75) is 24.3 Å². The van der Waals surface area contributed by atoms with Crippen molar-refractivity contribution >= 4 is 11.8 Å². The summed E-state index contributed by atoms with van der Waals surface area (Å²) < 4.78 is 0. The maximum absolute atomic E-state index is 9.31. The first kappa shape index (κ1) is 12.5. The molecule has 1 rings (SSSR count). The number of hydrogen-bond acceptors (Lipinski definition) is 4. The van der Waals surface area contributed by atoms with Gasteiger partial charge in [-0.15, -0.1) is 11.8 Å². The lowest BCUT2D eigenvalue weighted by molar-refractivity contribution is 0.194. The van der Waals surface area contributed by atoms with Crippen LogP contribution in [-0.2, 0) is 0 Å². The predicted molar refractivity (Wildman–Crippen MR) is 64.1 cm³/mol. The number of thioether (sulfide) groups is 1. The number of likely N-dealkylation sites (N-methyl/N-ethyl adjacent to an activating group) is 1. The minimum atomic E-state index is -0.206. The lowest BCUT2D eigenvalue weighted by Gasteiger charge is -2.27. The van der Waals surface area contributed by atoms with E-state index in [4.69, 9.17) is 0 Å². The number of nitrogens with one attached hydrogen (secondary N) is 1. The fraction of sp³-hybridized carbons (Fsp3) is 0.545. The van der Waals surface area contributed by atoms with Gasteiger partial charge in [-0.2, -0.15) is 0 Å². The molecule has 1 unspecified atom stereocenters. The van der Waals surface area contributed by atoms with Gasteiger partial charge in [-0.05, 0) is 25.6 Å². The molecule has 1 heterocycles. The molecule has 0 aliphatic heterocycles.